The third kappa shape index (κ3) is 4.03. The number of aromatic nitrogens is 1. The van der Waals surface area contributed by atoms with Crippen molar-refractivity contribution < 1.29 is 9.66 Å². The molecule has 0 bridgehead atoms. The van der Waals surface area contributed by atoms with Gasteiger partial charge in [0.1, 0.15) is 5.75 Å². The standard InChI is InChI=1S/C23H25N3O3/c1-2-29-19-12-10-18(11-13-19)17-25-16-6-15-24-14-5-9-22(24)23(25)20-7-3-4-8-21(20)26(27)28/h3-5,7-14,23H,2,6,15-17H2,1H3. The first-order valence-electron chi connectivity index (χ1n) is 10.0. The Morgan fingerprint density at radius 2 is 1.86 bits per heavy atom. The van der Waals surface area contributed by atoms with E-state index >= 15 is 0 Å². The summed E-state index contributed by atoms with van der Waals surface area (Å²) in [5.41, 5.74) is 3.17. The van der Waals surface area contributed by atoms with Crippen molar-refractivity contribution in [2.24, 2.45) is 0 Å². The second kappa shape index (κ2) is 8.49. The van der Waals surface area contributed by atoms with Crippen LogP contribution in [0.25, 0.3) is 0 Å². The van der Waals surface area contributed by atoms with E-state index in [1.807, 2.05) is 37.3 Å². The summed E-state index contributed by atoms with van der Waals surface area (Å²) in [6.45, 7) is 5.11. The van der Waals surface area contributed by atoms with Gasteiger partial charge >= 0.3 is 0 Å². The van der Waals surface area contributed by atoms with Gasteiger partial charge in [0.2, 0.25) is 0 Å². The first kappa shape index (κ1) is 19.2. The van der Waals surface area contributed by atoms with E-state index in [1.54, 1.807) is 12.1 Å². The number of benzene rings is 2. The van der Waals surface area contributed by atoms with Gasteiger partial charge in [-0.1, -0.05) is 30.3 Å². The lowest BCUT2D eigenvalue weighted by molar-refractivity contribution is -0.385. The summed E-state index contributed by atoms with van der Waals surface area (Å²) in [5.74, 6) is 0.858. The van der Waals surface area contributed by atoms with Crippen LogP contribution in [-0.4, -0.2) is 27.5 Å². The summed E-state index contributed by atoms with van der Waals surface area (Å²) in [5, 5.41) is 11.7. The molecule has 0 saturated carbocycles. The number of ether oxygens (including phenoxy) is 1. The highest BCUT2D eigenvalue weighted by atomic mass is 16.6. The zero-order chi connectivity index (χ0) is 20.2. The Hall–Kier alpha value is -3.12. The molecular formula is C23H25N3O3. The van der Waals surface area contributed by atoms with Crippen LogP contribution >= 0.6 is 0 Å². The van der Waals surface area contributed by atoms with E-state index in [0.717, 1.165) is 42.1 Å². The number of nitro benzene ring substituents is 1. The van der Waals surface area contributed by atoms with Crippen molar-refractivity contribution in [2.45, 2.75) is 32.5 Å². The summed E-state index contributed by atoms with van der Waals surface area (Å²) in [6.07, 6.45) is 3.06. The second-order valence-electron chi connectivity index (χ2n) is 7.25. The molecule has 6 nitrogen and oxygen atoms in total. The average Bonchev–Trinajstić information content (AvgIpc) is 3.11. The number of nitro groups is 1. The summed E-state index contributed by atoms with van der Waals surface area (Å²) in [7, 11) is 0. The molecule has 1 aliphatic heterocycles. The van der Waals surface area contributed by atoms with Crippen LogP contribution in [0, 0.1) is 10.1 Å². The van der Waals surface area contributed by atoms with Crippen LogP contribution in [0.1, 0.15) is 36.2 Å². The van der Waals surface area contributed by atoms with Gasteiger partial charge in [-0.05, 0) is 43.2 Å². The summed E-state index contributed by atoms with van der Waals surface area (Å²) in [4.78, 5) is 13.8. The maximum Gasteiger partial charge on any atom is 0.274 e. The van der Waals surface area contributed by atoms with Crippen LogP contribution in [0.15, 0.2) is 66.9 Å². The smallest absolute Gasteiger partial charge is 0.274 e. The average molecular weight is 391 g/mol. The van der Waals surface area contributed by atoms with Crippen LogP contribution in [-0.2, 0) is 13.1 Å². The second-order valence-corrected chi connectivity index (χ2v) is 7.25. The fourth-order valence-corrected chi connectivity index (χ4v) is 4.14. The fourth-order valence-electron chi connectivity index (χ4n) is 4.14. The van der Waals surface area contributed by atoms with E-state index < -0.39 is 0 Å². The summed E-state index contributed by atoms with van der Waals surface area (Å²) in [6, 6.07) is 19.2. The molecule has 0 saturated heterocycles. The highest BCUT2D eigenvalue weighted by Gasteiger charge is 2.32. The Bertz CT molecular complexity index is 981. The molecule has 29 heavy (non-hydrogen) atoms. The lowest BCUT2D eigenvalue weighted by Crippen LogP contribution is -2.30. The van der Waals surface area contributed by atoms with E-state index in [-0.39, 0.29) is 16.7 Å². The molecule has 0 radical (unpaired) electrons. The molecule has 0 fully saturated rings. The van der Waals surface area contributed by atoms with Crippen molar-refractivity contribution in [1.82, 2.24) is 9.47 Å². The molecule has 3 aromatic rings. The molecule has 6 heteroatoms. The molecule has 0 spiro atoms. The topological polar surface area (TPSA) is 60.5 Å². The van der Waals surface area contributed by atoms with Crippen molar-refractivity contribution in [1.29, 1.82) is 0 Å². The monoisotopic (exact) mass is 391 g/mol. The highest BCUT2D eigenvalue weighted by Crippen LogP contribution is 2.37. The minimum absolute atomic E-state index is 0.166. The molecule has 4 rings (SSSR count). The molecule has 1 unspecified atom stereocenters. The first-order valence-corrected chi connectivity index (χ1v) is 10.0. The van der Waals surface area contributed by atoms with E-state index in [4.69, 9.17) is 4.74 Å². The van der Waals surface area contributed by atoms with Crippen LogP contribution in [0.2, 0.25) is 0 Å². The fraction of sp³-hybridized carbons (Fsp3) is 0.304. The Morgan fingerprint density at radius 1 is 1.07 bits per heavy atom. The number of aryl methyl sites for hydroxylation is 1. The number of fused-ring (bicyclic) bond motifs is 1. The Balaban J connectivity index is 1.72. The van der Waals surface area contributed by atoms with Crippen LogP contribution in [0.4, 0.5) is 5.69 Å². The van der Waals surface area contributed by atoms with Crippen molar-refractivity contribution in [3.05, 3.63) is 93.8 Å². The van der Waals surface area contributed by atoms with Crippen LogP contribution < -0.4 is 4.74 Å². The Morgan fingerprint density at radius 3 is 2.62 bits per heavy atom. The number of para-hydroxylation sites is 1. The van der Waals surface area contributed by atoms with Gasteiger partial charge in [0.05, 0.1) is 23.1 Å². The Labute approximate surface area is 170 Å². The van der Waals surface area contributed by atoms with Gasteiger partial charge in [0, 0.05) is 37.6 Å². The van der Waals surface area contributed by atoms with Crippen molar-refractivity contribution in [3.63, 3.8) is 0 Å². The number of hydrogen-bond donors (Lipinski definition) is 0. The van der Waals surface area contributed by atoms with E-state index in [9.17, 15) is 10.1 Å². The van der Waals surface area contributed by atoms with Crippen molar-refractivity contribution in [3.8, 4) is 5.75 Å². The lowest BCUT2D eigenvalue weighted by atomic mass is 9.99. The number of rotatable bonds is 6. The molecule has 1 aromatic heterocycles. The maximum absolute atomic E-state index is 11.7. The lowest BCUT2D eigenvalue weighted by Gasteiger charge is -2.30. The molecule has 2 aromatic carbocycles. The minimum atomic E-state index is -0.275. The maximum atomic E-state index is 11.7. The predicted molar refractivity (Wildman–Crippen MR) is 112 cm³/mol. The van der Waals surface area contributed by atoms with Gasteiger partial charge in [0.15, 0.2) is 0 Å². The highest BCUT2D eigenvalue weighted by molar-refractivity contribution is 5.46. The molecule has 1 atom stereocenters. The molecule has 0 amide bonds. The van der Waals surface area contributed by atoms with Gasteiger partial charge in [-0.2, -0.15) is 0 Å². The van der Waals surface area contributed by atoms with Gasteiger partial charge in [-0.3, -0.25) is 15.0 Å². The Kier molecular flexibility index (Phi) is 5.62. The largest absolute Gasteiger partial charge is 0.494 e. The van der Waals surface area contributed by atoms with Crippen LogP contribution in [0.3, 0.4) is 0 Å². The van der Waals surface area contributed by atoms with E-state index in [2.05, 4.69) is 33.9 Å². The summed E-state index contributed by atoms with van der Waals surface area (Å²) >= 11 is 0. The molecule has 2 heterocycles. The SMILES string of the molecule is CCOc1ccc(CN2CCCn3cccc3C2c2ccccc2[N+](=O)[O-])cc1. The third-order valence-corrected chi connectivity index (χ3v) is 5.40. The molecule has 0 aliphatic carbocycles. The molecular weight excluding hydrogens is 366 g/mol. The van der Waals surface area contributed by atoms with Crippen molar-refractivity contribution >= 4 is 5.69 Å². The normalized spacial score (nSPS) is 16.8. The molecule has 0 N–H and O–H groups in total. The number of hydrogen-bond acceptors (Lipinski definition) is 4. The molecule has 1 aliphatic rings. The van der Waals surface area contributed by atoms with Crippen LogP contribution in [0.5, 0.6) is 5.75 Å². The number of nitrogens with zero attached hydrogens (tertiary/aromatic N) is 3. The first-order chi connectivity index (χ1) is 14.2. The van der Waals surface area contributed by atoms with Gasteiger partial charge < -0.3 is 9.30 Å². The van der Waals surface area contributed by atoms with Gasteiger partial charge in [-0.25, -0.2) is 0 Å². The van der Waals surface area contributed by atoms with E-state index in [0.29, 0.717) is 13.2 Å². The van der Waals surface area contributed by atoms with Gasteiger partial charge in [0.25, 0.3) is 5.69 Å². The quantitative estimate of drug-likeness (QED) is 0.448. The summed E-state index contributed by atoms with van der Waals surface area (Å²) < 4.78 is 7.77. The van der Waals surface area contributed by atoms with Crippen molar-refractivity contribution in [2.75, 3.05) is 13.2 Å². The minimum Gasteiger partial charge on any atom is -0.494 e. The zero-order valence-electron chi connectivity index (χ0n) is 16.5. The zero-order valence-corrected chi connectivity index (χ0v) is 16.5. The third-order valence-electron chi connectivity index (χ3n) is 5.40. The molecule has 150 valence electrons. The van der Waals surface area contributed by atoms with Gasteiger partial charge in [-0.15, -0.1) is 0 Å². The predicted octanol–water partition coefficient (Wildman–Crippen LogP) is 4.79. The van der Waals surface area contributed by atoms with E-state index in [1.165, 1.54) is 0 Å².